The number of rotatable bonds is 9. The molecule has 10 nitrogen and oxygen atoms in total. The molecule has 0 spiro atoms. The molecule has 5 amide bonds. The summed E-state index contributed by atoms with van der Waals surface area (Å²) in [5, 5.41) is 5.91. The number of nitrogens with zero attached hydrogens (tertiary/aromatic N) is 2. The second-order valence-electron chi connectivity index (χ2n) is 11.7. The van der Waals surface area contributed by atoms with Crippen LogP contribution in [0, 0.1) is 29.1 Å². The molecule has 212 valence electrons. The van der Waals surface area contributed by atoms with E-state index in [1.807, 2.05) is 20.8 Å². The van der Waals surface area contributed by atoms with Gasteiger partial charge >= 0.3 is 0 Å². The molecule has 4 rings (SSSR count). The molecule has 2 aliphatic carbocycles. The van der Waals surface area contributed by atoms with Gasteiger partial charge in [0.1, 0.15) is 12.1 Å². The van der Waals surface area contributed by atoms with Crippen LogP contribution >= 0.6 is 11.6 Å². The number of piperidine rings is 1. The molecule has 0 unspecified atom stereocenters. The maximum Gasteiger partial charge on any atom is 0.291 e. The number of nitrogens with one attached hydrogen (secondary N) is 3. The number of fused-ring (bicyclic) bond motifs is 1. The van der Waals surface area contributed by atoms with Crippen LogP contribution in [0.4, 0.5) is 8.78 Å². The van der Waals surface area contributed by atoms with Crippen molar-refractivity contribution in [1.29, 1.82) is 0 Å². The number of hydrazine groups is 1. The average Bonchev–Trinajstić information content (AvgIpc) is 3.54. The van der Waals surface area contributed by atoms with E-state index in [0.717, 1.165) is 5.01 Å². The summed E-state index contributed by atoms with van der Waals surface area (Å²) in [7, 11) is 0. The van der Waals surface area contributed by atoms with Gasteiger partial charge < -0.3 is 15.5 Å². The summed E-state index contributed by atoms with van der Waals surface area (Å²) in [5.74, 6) is -4.80. The first-order valence-corrected chi connectivity index (χ1v) is 13.6. The third-order valence-corrected chi connectivity index (χ3v) is 9.07. The summed E-state index contributed by atoms with van der Waals surface area (Å²) in [6, 6.07) is -2.04. The second kappa shape index (κ2) is 10.2. The van der Waals surface area contributed by atoms with E-state index in [1.165, 1.54) is 4.90 Å². The Morgan fingerprint density at radius 3 is 2.45 bits per heavy atom. The summed E-state index contributed by atoms with van der Waals surface area (Å²) >= 11 is 5.39. The fourth-order valence-corrected chi connectivity index (χ4v) is 5.95. The Bertz CT molecular complexity index is 1020. The van der Waals surface area contributed by atoms with E-state index in [9.17, 15) is 32.8 Å². The average molecular weight is 560 g/mol. The molecular weight excluding hydrogens is 524 g/mol. The van der Waals surface area contributed by atoms with Crippen molar-refractivity contribution in [1.82, 2.24) is 26.0 Å². The number of carbonyl (C=O) groups excluding carboxylic acids is 5. The Labute approximate surface area is 225 Å². The molecule has 0 aromatic carbocycles. The van der Waals surface area contributed by atoms with E-state index in [2.05, 4.69) is 16.1 Å². The highest BCUT2D eigenvalue weighted by atomic mass is 35.5. The molecule has 2 saturated heterocycles. The lowest BCUT2D eigenvalue weighted by atomic mass is 9.95. The molecular formula is C25H36ClF2N5O5. The Morgan fingerprint density at radius 2 is 1.92 bits per heavy atom. The van der Waals surface area contributed by atoms with Gasteiger partial charge in [-0.1, -0.05) is 45.7 Å². The van der Waals surface area contributed by atoms with Crippen LogP contribution in [-0.2, 0) is 24.0 Å². The van der Waals surface area contributed by atoms with Crippen molar-refractivity contribution in [3.63, 3.8) is 0 Å². The molecule has 4 aliphatic rings. The van der Waals surface area contributed by atoms with Crippen molar-refractivity contribution in [3.8, 4) is 0 Å². The number of alkyl halides is 3. The summed E-state index contributed by atoms with van der Waals surface area (Å²) in [6.07, 6.45) is 1.13. The lowest BCUT2D eigenvalue weighted by Crippen LogP contribution is -2.61. The quantitative estimate of drug-likeness (QED) is 0.287. The first-order valence-electron chi connectivity index (χ1n) is 13.2. The van der Waals surface area contributed by atoms with Gasteiger partial charge in [0.25, 0.3) is 23.4 Å². The molecule has 0 bridgehead atoms. The molecule has 0 aromatic rings. The van der Waals surface area contributed by atoms with Gasteiger partial charge in [-0.2, -0.15) is 0 Å². The van der Waals surface area contributed by atoms with Gasteiger partial charge in [-0.15, -0.1) is 0 Å². The highest BCUT2D eigenvalue weighted by Crippen LogP contribution is 2.65. The zero-order valence-corrected chi connectivity index (χ0v) is 22.8. The van der Waals surface area contributed by atoms with Crippen LogP contribution in [0.15, 0.2) is 0 Å². The summed E-state index contributed by atoms with van der Waals surface area (Å²) in [5.41, 5.74) is -2.24. The maximum absolute atomic E-state index is 14.4. The van der Waals surface area contributed by atoms with Gasteiger partial charge in [0.2, 0.25) is 11.8 Å². The van der Waals surface area contributed by atoms with E-state index in [0.29, 0.717) is 19.4 Å². The fraction of sp³-hybridized carbons (Fsp3) is 0.800. The van der Waals surface area contributed by atoms with Crippen molar-refractivity contribution in [2.24, 2.45) is 29.1 Å². The highest BCUT2D eigenvalue weighted by Gasteiger charge is 2.70. The molecule has 4 fully saturated rings. The number of hydrogen-bond acceptors (Lipinski definition) is 5. The third-order valence-electron chi connectivity index (χ3n) is 8.89. The number of amides is 5. The van der Waals surface area contributed by atoms with Crippen molar-refractivity contribution in [3.05, 3.63) is 0 Å². The molecule has 2 heterocycles. The van der Waals surface area contributed by atoms with Crippen LogP contribution in [0.1, 0.15) is 53.4 Å². The molecule has 2 aliphatic heterocycles. The summed E-state index contributed by atoms with van der Waals surface area (Å²) < 4.78 is 28.2. The van der Waals surface area contributed by atoms with Crippen LogP contribution in [-0.4, -0.2) is 82.5 Å². The van der Waals surface area contributed by atoms with Crippen molar-refractivity contribution in [2.75, 3.05) is 19.6 Å². The Balaban J connectivity index is 1.55. The monoisotopic (exact) mass is 559 g/mol. The van der Waals surface area contributed by atoms with Gasteiger partial charge in [0, 0.05) is 13.1 Å². The molecule has 13 heteroatoms. The second-order valence-corrected chi connectivity index (χ2v) is 12.1. The predicted octanol–water partition coefficient (Wildman–Crippen LogP) is 1.03. The van der Waals surface area contributed by atoms with Crippen LogP contribution in [0.3, 0.4) is 0 Å². The van der Waals surface area contributed by atoms with Crippen molar-refractivity contribution in [2.45, 2.75) is 76.8 Å². The molecule has 3 N–H and O–H groups in total. The zero-order valence-electron chi connectivity index (χ0n) is 22.1. The van der Waals surface area contributed by atoms with E-state index in [1.54, 1.807) is 6.92 Å². The highest BCUT2D eigenvalue weighted by molar-refractivity contribution is 6.29. The molecule has 0 radical (unpaired) electrons. The summed E-state index contributed by atoms with van der Waals surface area (Å²) in [6.45, 7) is 7.93. The first-order chi connectivity index (χ1) is 17.7. The topological polar surface area (TPSA) is 128 Å². The van der Waals surface area contributed by atoms with Crippen LogP contribution in [0.2, 0.25) is 0 Å². The SMILES string of the molecule is CC[C@@H](C)[C@H](NC(=O)C1(F)CC1)C(=O)N1C[C@H]2[C@@H]([C@H]1C(=O)NN(C[C@@H]1CCNC1=O)C(=O)[C@@H](F)Cl)C2(C)C. The van der Waals surface area contributed by atoms with Gasteiger partial charge in [-0.3, -0.25) is 29.4 Å². The minimum Gasteiger partial charge on any atom is -0.356 e. The van der Waals surface area contributed by atoms with Crippen LogP contribution < -0.4 is 16.1 Å². The predicted molar refractivity (Wildman–Crippen MR) is 132 cm³/mol. The number of hydrogen-bond donors (Lipinski definition) is 3. The number of carbonyl (C=O) groups is 5. The maximum atomic E-state index is 14.4. The molecule has 2 saturated carbocycles. The Morgan fingerprint density at radius 1 is 1.26 bits per heavy atom. The minimum atomic E-state index is -2.44. The normalized spacial score (nSPS) is 30.4. The van der Waals surface area contributed by atoms with Crippen molar-refractivity contribution >= 4 is 41.1 Å². The lowest BCUT2D eigenvalue weighted by molar-refractivity contribution is -0.151. The molecule has 7 atom stereocenters. The first kappa shape index (κ1) is 28.5. The summed E-state index contributed by atoms with van der Waals surface area (Å²) in [4.78, 5) is 65.8. The number of halogens is 3. The largest absolute Gasteiger partial charge is 0.356 e. The number of likely N-dealkylation sites (tertiary alicyclic amines) is 1. The zero-order chi connectivity index (χ0) is 28.2. The van der Waals surface area contributed by atoms with Gasteiger partial charge in [0.15, 0.2) is 5.67 Å². The van der Waals surface area contributed by atoms with E-state index in [-0.39, 0.29) is 55.0 Å². The standard InChI is InChI=1S/C25H36ClF2N5O5/c1-5-12(2)16(30-23(38)25(28)7-8-25)21(36)32-11-14-15(24(14,3)4)17(32)20(35)31-33(22(37)18(26)27)10-13-6-9-29-19(13)34/h12-18H,5-11H2,1-4H3,(H,29,34)(H,30,38)(H,31,35)/t12-,13+,14+,15+,16+,17+,18-/m1/s1. The van der Waals surface area contributed by atoms with Gasteiger partial charge in [0.05, 0.1) is 12.5 Å². The van der Waals surface area contributed by atoms with E-state index < -0.39 is 52.9 Å². The van der Waals surface area contributed by atoms with Crippen molar-refractivity contribution < 1.29 is 32.8 Å². The van der Waals surface area contributed by atoms with Crippen LogP contribution in [0.25, 0.3) is 0 Å². The lowest BCUT2D eigenvalue weighted by Gasteiger charge is -2.36. The minimum absolute atomic E-state index is 0.00172. The van der Waals surface area contributed by atoms with E-state index >= 15 is 0 Å². The van der Waals surface area contributed by atoms with Crippen LogP contribution in [0.5, 0.6) is 0 Å². The Kier molecular flexibility index (Phi) is 7.68. The van der Waals surface area contributed by atoms with E-state index in [4.69, 9.17) is 11.6 Å². The molecule has 38 heavy (non-hydrogen) atoms. The van der Waals surface area contributed by atoms with Gasteiger partial charge in [-0.05, 0) is 42.4 Å². The Hall–Kier alpha value is -2.50. The molecule has 0 aromatic heterocycles. The smallest absolute Gasteiger partial charge is 0.291 e. The fourth-order valence-electron chi connectivity index (χ4n) is 5.83. The third kappa shape index (κ3) is 5.20. The van der Waals surface area contributed by atoms with Gasteiger partial charge in [-0.25, -0.2) is 13.8 Å².